The van der Waals surface area contributed by atoms with Gasteiger partial charge >= 0.3 is 5.97 Å². The van der Waals surface area contributed by atoms with Crippen molar-refractivity contribution in [1.29, 1.82) is 0 Å². The van der Waals surface area contributed by atoms with Crippen LogP contribution in [-0.2, 0) is 4.79 Å². The Labute approximate surface area is 167 Å². The normalized spacial score (nSPS) is 11.1. The Hall–Kier alpha value is -3.38. The summed E-state index contributed by atoms with van der Waals surface area (Å²) in [6.45, 7) is 0. The van der Waals surface area contributed by atoms with Crippen LogP contribution in [0, 0.1) is 0 Å². The summed E-state index contributed by atoms with van der Waals surface area (Å²) in [5.74, 6) is -1.64. The van der Waals surface area contributed by atoms with Crippen LogP contribution in [0.1, 0.15) is 15.2 Å². The third kappa shape index (κ3) is 4.66. The Morgan fingerprint density at radius 1 is 0.964 bits per heavy atom. The Bertz CT molecular complexity index is 1010. The molecule has 0 aliphatic rings. The number of amides is 1. The van der Waals surface area contributed by atoms with Gasteiger partial charge in [-0.05, 0) is 48.0 Å². The number of nitrogens with one attached hydrogen (secondary N) is 1. The van der Waals surface area contributed by atoms with Crippen molar-refractivity contribution >= 4 is 35.0 Å². The van der Waals surface area contributed by atoms with E-state index in [9.17, 15) is 14.7 Å². The molecule has 0 atom stereocenters. The summed E-state index contributed by atoms with van der Waals surface area (Å²) in [6, 6.07) is 20.4. The molecule has 0 spiro atoms. The molecule has 0 unspecified atom stereocenters. The van der Waals surface area contributed by atoms with Crippen LogP contribution < -0.4 is 10.2 Å². The highest BCUT2D eigenvalue weighted by molar-refractivity contribution is 7.16. The Balaban J connectivity index is 1.80. The van der Waals surface area contributed by atoms with Gasteiger partial charge in [0.05, 0.1) is 0 Å². The summed E-state index contributed by atoms with van der Waals surface area (Å²) in [7, 11) is 3.97. The topological polar surface area (TPSA) is 69.6 Å². The van der Waals surface area contributed by atoms with Gasteiger partial charge in [0, 0.05) is 35.1 Å². The molecule has 0 aliphatic heterocycles. The van der Waals surface area contributed by atoms with Crippen LogP contribution in [0.15, 0.2) is 72.4 Å². The fourth-order valence-corrected chi connectivity index (χ4v) is 3.54. The molecule has 2 N–H and O–H groups in total. The number of thiophene rings is 1. The van der Waals surface area contributed by atoms with Crippen molar-refractivity contribution < 1.29 is 14.7 Å². The van der Waals surface area contributed by atoms with Crippen LogP contribution in [0.4, 0.5) is 5.69 Å². The number of anilines is 1. The number of hydrogen-bond donors (Lipinski definition) is 2. The van der Waals surface area contributed by atoms with E-state index in [1.54, 1.807) is 30.3 Å². The van der Waals surface area contributed by atoms with Crippen LogP contribution in [0.3, 0.4) is 0 Å². The predicted molar refractivity (Wildman–Crippen MR) is 114 cm³/mol. The fourth-order valence-electron chi connectivity index (χ4n) is 2.59. The van der Waals surface area contributed by atoms with Gasteiger partial charge in [0.25, 0.3) is 5.91 Å². The number of benzene rings is 2. The highest BCUT2D eigenvalue weighted by Gasteiger charge is 2.14. The van der Waals surface area contributed by atoms with Crippen molar-refractivity contribution in [2.75, 3.05) is 19.0 Å². The number of carbonyl (C=O) groups is 2. The smallest absolute Gasteiger partial charge is 0.352 e. The molecule has 0 aliphatic carbocycles. The van der Waals surface area contributed by atoms with Crippen molar-refractivity contribution in [3.8, 4) is 10.4 Å². The van der Waals surface area contributed by atoms with Gasteiger partial charge in [0.1, 0.15) is 5.70 Å². The summed E-state index contributed by atoms with van der Waals surface area (Å²) in [6.07, 6.45) is 1.48. The molecule has 2 aromatic carbocycles. The van der Waals surface area contributed by atoms with E-state index in [1.165, 1.54) is 17.4 Å². The molecular formula is C22H20N2O3S. The molecule has 0 fully saturated rings. The summed E-state index contributed by atoms with van der Waals surface area (Å²) >= 11 is 1.46. The van der Waals surface area contributed by atoms with Crippen LogP contribution in [0.2, 0.25) is 0 Å². The molecule has 0 saturated heterocycles. The predicted octanol–water partition coefficient (Wildman–Crippen LogP) is 4.34. The molecule has 3 rings (SSSR count). The highest BCUT2D eigenvalue weighted by atomic mass is 32.1. The molecule has 5 nitrogen and oxygen atoms in total. The van der Waals surface area contributed by atoms with Crippen molar-refractivity contribution in [3.63, 3.8) is 0 Å². The van der Waals surface area contributed by atoms with Crippen LogP contribution in [0.5, 0.6) is 0 Å². The first kappa shape index (κ1) is 19.4. The van der Waals surface area contributed by atoms with Crippen LogP contribution in [0.25, 0.3) is 16.5 Å². The molecule has 6 heteroatoms. The molecule has 0 radical (unpaired) electrons. The molecule has 3 aromatic rings. The maximum Gasteiger partial charge on any atom is 0.352 e. The number of aliphatic carboxylic acids is 1. The molecule has 1 amide bonds. The van der Waals surface area contributed by atoms with Gasteiger partial charge in [-0.3, -0.25) is 4.79 Å². The summed E-state index contributed by atoms with van der Waals surface area (Å²) in [4.78, 5) is 27.6. The number of rotatable bonds is 6. The van der Waals surface area contributed by atoms with Gasteiger partial charge in [-0.15, -0.1) is 11.3 Å². The van der Waals surface area contributed by atoms with E-state index in [0.717, 1.165) is 21.0 Å². The van der Waals surface area contributed by atoms with Gasteiger partial charge in [-0.25, -0.2) is 4.79 Å². The Kier molecular flexibility index (Phi) is 5.91. The van der Waals surface area contributed by atoms with Crippen molar-refractivity contribution in [2.45, 2.75) is 0 Å². The largest absolute Gasteiger partial charge is 0.477 e. The number of nitrogens with zero attached hydrogens (tertiary/aromatic N) is 1. The van der Waals surface area contributed by atoms with Gasteiger partial charge in [0.2, 0.25) is 0 Å². The minimum Gasteiger partial charge on any atom is -0.477 e. The number of carboxylic acids is 1. The SMILES string of the molecule is CN(C)c1ccc(-c2ccc(/C=C(\NC(=O)c3ccccc3)C(=O)O)s2)cc1. The summed E-state index contributed by atoms with van der Waals surface area (Å²) < 4.78 is 0. The van der Waals surface area contributed by atoms with Crippen molar-refractivity contribution in [1.82, 2.24) is 5.32 Å². The Morgan fingerprint density at radius 3 is 2.25 bits per heavy atom. The van der Waals surface area contributed by atoms with E-state index < -0.39 is 11.9 Å². The lowest BCUT2D eigenvalue weighted by molar-refractivity contribution is -0.132. The maximum atomic E-state index is 12.2. The van der Waals surface area contributed by atoms with E-state index >= 15 is 0 Å². The zero-order valence-corrected chi connectivity index (χ0v) is 16.4. The second-order valence-electron chi connectivity index (χ2n) is 6.33. The standard InChI is InChI=1S/C22H20N2O3S/c1-24(2)17-10-8-15(9-11-17)20-13-12-18(28-20)14-19(22(26)27)23-21(25)16-6-4-3-5-7-16/h3-14H,1-2H3,(H,23,25)(H,26,27)/b19-14-. The number of carboxylic acid groups (broad SMARTS) is 1. The van der Waals surface area contributed by atoms with Crippen molar-refractivity contribution in [2.24, 2.45) is 0 Å². The molecule has 1 aromatic heterocycles. The third-order valence-corrected chi connectivity index (χ3v) is 5.18. The first-order valence-electron chi connectivity index (χ1n) is 8.63. The van der Waals surface area contributed by atoms with E-state index in [-0.39, 0.29) is 5.70 Å². The maximum absolute atomic E-state index is 12.2. The summed E-state index contributed by atoms with van der Waals surface area (Å²) in [5.41, 5.74) is 2.41. The lowest BCUT2D eigenvalue weighted by Gasteiger charge is -2.12. The fraction of sp³-hybridized carbons (Fsp3) is 0.0909. The average molecular weight is 392 g/mol. The molecule has 0 saturated carbocycles. The van der Waals surface area contributed by atoms with Gasteiger partial charge in [-0.1, -0.05) is 30.3 Å². The van der Waals surface area contributed by atoms with Gasteiger partial charge < -0.3 is 15.3 Å². The second-order valence-corrected chi connectivity index (χ2v) is 7.44. The molecule has 28 heavy (non-hydrogen) atoms. The molecule has 1 heterocycles. The lowest BCUT2D eigenvalue weighted by atomic mass is 10.1. The van der Waals surface area contributed by atoms with Crippen LogP contribution >= 0.6 is 11.3 Å². The van der Waals surface area contributed by atoms with Gasteiger partial charge in [0.15, 0.2) is 0 Å². The zero-order chi connectivity index (χ0) is 20.1. The van der Waals surface area contributed by atoms with E-state index in [4.69, 9.17) is 0 Å². The first-order valence-corrected chi connectivity index (χ1v) is 9.44. The van der Waals surface area contributed by atoms with E-state index in [0.29, 0.717) is 5.56 Å². The van der Waals surface area contributed by atoms with E-state index in [2.05, 4.69) is 5.32 Å². The quantitative estimate of drug-likeness (QED) is 0.613. The minimum absolute atomic E-state index is 0.162. The molecule has 142 valence electrons. The second kappa shape index (κ2) is 8.54. The highest BCUT2D eigenvalue weighted by Crippen LogP contribution is 2.30. The lowest BCUT2D eigenvalue weighted by Crippen LogP contribution is -2.27. The number of hydrogen-bond acceptors (Lipinski definition) is 4. The zero-order valence-electron chi connectivity index (χ0n) is 15.5. The molecule has 0 bridgehead atoms. The summed E-state index contributed by atoms with van der Waals surface area (Å²) in [5, 5.41) is 11.9. The minimum atomic E-state index is -1.19. The van der Waals surface area contributed by atoms with Crippen molar-refractivity contribution in [3.05, 3.63) is 82.9 Å². The van der Waals surface area contributed by atoms with Crippen LogP contribution in [-0.4, -0.2) is 31.1 Å². The monoisotopic (exact) mass is 392 g/mol. The third-order valence-electron chi connectivity index (χ3n) is 4.10. The van der Waals surface area contributed by atoms with Gasteiger partial charge in [-0.2, -0.15) is 0 Å². The molecular weight excluding hydrogens is 372 g/mol. The number of carbonyl (C=O) groups excluding carboxylic acids is 1. The Morgan fingerprint density at radius 2 is 1.64 bits per heavy atom. The first-order chi connectivity index (χ1) is 13.4. The van der Waals surface area contributed by atoms with E-state index in [1.807, 2.05) is 55.4 Å². The average Bonchev–Trinajstić information content (AvgIpc) is 3.16.